The number of carboxylic acid groups (broad SMARTS) is 2. The van der Waals surface area contributed by atoms with Gasteiger partial charge in [0.2, 0.25) is 0 Å². The zero-order valence-electron chi connectivity index (χ0n) is 5.44. The summed E-state index contributed by atoms with van der Waals surface area (Å²) in [4.78, 5) is 18.5. The number of hydrogen-bond donors (Lipinski definition) is 2. The fraction of sp³-hybridized carbons (Fsp3) is 0.500. The molecular formula is C4H6GeO4S2-2. The molecule has 0 aromatic carbocycles. The van der Waals surface area contributed by atoms with Gasteiger partial charge in [-0.3, -0.25) is 9.59 Å². The molecule has 0 aliphatic rings. The monoisotopic (exact) mass is 256 g/mol. The van der Waals surface area contributed by atoms with Crippen LogP contribution >= 0.6 is 0 Å². The molecule has 0 aromatic heterocycles. The van der Waals surface area contributed by atoms with Crippen LogP contribution in [0.2, 0.25) is 0 Å². The second-order valence-corrected chi connectivity index (χ2v) is 1.65. The minimum absolute atomic E-state index is 0. The third-order valence-corrected chi connectivity index (χ3v) is 0.741. The molecule has 0 unspecified atom stereocenters. The number of hydrogen-bond acceptors (Lipinski definition) is 4. The molecule has 4 radical (unpaired) electrons. The average Bonchev–Trinajstić information content (AvgIpc) is 1.89. The number of rotatable bonds is 2. The predicted octanol–water partition coefficient (Wildman–Crippen LogP) is -1.15. The van der Waals surface area contributed by atoms with Gasteiger partial charge < -0.3 is 35.5 Å². The summed E-state index contributed by atoms with van der Waals surface area (Å²) in [5.74, 6) is -2.25. The van der Waals surface area contributed by atoms with Crippen LogP contribution < -0.4 is 0 Å². The van der Waals surface area contributed by atoms with Crippen LogP contribution in [-0.4, -0.2) is 51.3 Å². The summed E-state index contributed by atoms with van der Waals surface area (Å²) in [6.07, 6.45) is 0. The molecule has 0 saturated carbocycles. The molecule has 7 heteroatoms. The van der Waals surface area contributed by atoms with E-state index >= 15 is 0 Å². The van der Waals surface area contributed by atoms with Crippen molar-refractivity contribution in [1.82, 2.24) is 0 Å². The normalized spacial score (nSPS) is 6.73. The van der Waals surface area contributed by atoms with Gasteiger partial charge in [0.05, 0.1) is 0 Å². The molecule has 0 bridgehead atoms. The van der Waals surface area contributed by atoms with Gasteiger partial charge in [-0.15, -0.1) is 0 Å². The zero-order chi connectivity index (χ0) is 8.57. The minimum Gasteiger partial charge on any atom is -0.782 e. The molecule has 0 aromatic rings. The molecule has 4 nitrogen and oxygen atoms in total. The van der Waals surface area contributed by atoms with E-state index in [-0.39, 0.29) is 29.1 Å². The van der Waals surface area contributed by atoms with Gasteiger partial charge in [-0.2, -0.15) is 0 Å². The minimum atomic E-state index is -0.931. The Kier molecular flexibility index (Phi) is 20.2. The first kappa shape index (κ1) is 17.3. The van der Waals surface area contributed by atoms with Gasteiger partial charge in [0.15, 0.2) is 0 Å². The Morgan fingerprint density at radius 1 is 1.00 bits per heavy atom. The van der Waals surface area contributed by atoms with Crippen LogP contribution in [0, 0.1) is 0 Å². The quantitative estimate of drug-likeness (QED) is 0.479. The van der Waals surface area contributed by atoms with Crippen LogP contribution in [-0.2, 0) is 34.8 Å². The van der Waals surface area contributed by atoms with E-state index in [1.165, 1.54) is 0 Å². The topological polar surface area (TPSA) is 74.6 Å². The van der Waals surface area contributed by atoms with E-state index in [1.54, 1.807) is 0 Å². The van der Waals surface area contributed by atoms with Crippen molar-refractivity contribution in [2.45, 2.75) is 0 Å². The van der Waals surface area contributed by atoms with Crippen molar-refractivity contribution in [3.8, 4) is 0 Å². The molecule has 64 valence electrons. The average molecular weight is 255 g/mol. The second-order valence-electron chi connectivity index (χ2n) is 1.08. The number of carboxylic acids is 2. The largest absolute Gasteiger partial charge is 0.782 e. The van der Waals surface area contributed by atoms with Gasteiger partial charge in [-0.25, -0.2) is 0 Å². The van der Waals surface area contributed by atoms with E-state index in [2.05, 4.69) is 25.3 Å². The Morgan fingerprint density at radius 3 is 1.09 bits per heavy atom. The molecule has 2 N–H and O–H groups in total. The summed E-state index contributed by atoms with van der Waals surface area (Å²) in [6.45, 7) is 0. The molecular weight excluding hydrogens is 249 g/mol. The van der Waals surface area contributed by atoms with Crippen LogP contribution in [0.3, 0.4) is 0 Å². The van der Waals surface area contributed by atoms with Gasteiger partial charge in [-0.05, 0) is 0 Å². The smallest absolute Gasteiger partial charge is 0.279 e. The first-order valence-corrected chi connectivity index (χ1v) is 3.29. The van der Waals surface area contributed by atoms with Crippen molar-refractivity contribution in [3.63, 3.8) is 0 Å². The van der Waals surface area contributed by atoms with Crippen molar-refractivity contribution < 1.29 is 19.8 Å². The van der Waals surface area contributed by atoms with E-state index in [9.17, 15) is 9.59 Å². The molecule has 0 aliphatic carbocycles. The number of carbonyl (C=O) groups is 2. The molecule has 0 amide bonds. The van der Waals surface area contributed by atoms with Crippen LogP contribution in [0.15, 0.2) is 0 Å². The van der Waals surface area contributed by atoms with Gasteiger partial charge in [0.1, 0.15) is 0 Å². The van der Waals surface area contributed by atoms with Crippen molar-refractivity contribution >= 4 is 54.8 Å². The number of aliphatic carboxylic acids is 2. The Morgan fingerprint density at radius 2 is 1.09 bits per heavy atom. The van der Waals surface area contributed by atoms with Crippen molar-refractivity contribution in [1.29, 1.82) is 0 Å². The fourth-order valence-electron chi connectivity index (χ4n) is 0. The summed E-state index contributed by atoms with van der Waals surface area (Å²) in [7, 11) is 0. The first-order valence-electron chi connectivity index (χ1n) is 2.14. The van der Waals surface area contributed by atoms with Gasteiger partial charge in [0, 0.05) is 17.6 Å². The molecule has 0 fully saturated rings. The third kappa shape index (κ3) is 39.0. The van der Waals surface area contributed by atoms with E-state index in [0.29, 0.717) is 0 Å². The van der Waals surface area contributed by atoms with Crippen molar-refractivity contribution in [3.05, 3.63) is 0 Å². The van der Waals surface area contributed by atoms with Crippen LogP contribution in [0.5, 0.6) is 0 Å². The van der Waals surface area contributed by atoms with Crippen LogP contribution in [0.4, 0.5) is 0 Å². The maximum Gasteiger partial charge on any atom is 0.279 e. The summed E-state index contributed by atoms with van der Waals surface area (Å²) < 4.78 is 0. The van der Waals surface area contributed by atoms with Gasteiger partial charge in [0.25, 0.3) is 11.9 Å². The van der Waals surface area contributed by atoms with Gasteiger partial charge in [-0.1, -0.05) is 11.5 Å². The van der Waals surface area contributed by atoms with Gasteiger partial charge >= 0.3 is 0 Å². The second kappa shape index (κ2) is 12.8. The third-order valence-electron chi connectivity index (χ3n) is 0.247. The summed E-state index contributed by atoms with van der Waals surface area (Å²) in [5, 5.41) is 15.2. The van der Waals surface area contributed by atoms with E-state index in [0.717, 1.165) is 0 Å². The van der Waals surface area contributed by atoms with E-state index in [1.807, 2.05) is 0 Å². The molecule has 11 heavy (non-hydrogen) atoms. The predicted molar refractivity (Wildman–Crippen MR) is 45.5 cm³/mol. The van der Waals surface area contributed by atoms with E-state index < -0.39 is 11.9 Å². The Bertz CT molecular complexity index is 105. The Hall–Kier alpha value is 0.183. The maximum atomic E-state index is 9.26. The summed E-state index contributed by atoms with van der Waals surface area (Å²) >= 11 is 8.15. The first-order chi connectivity index (χ1) is 4.54. The summed E-state index contributed by atoms with van der Waals surface area (Å²) in [5.41, 5.74) is 0. The SMILES string of the molecule is O=C(O)C[S-].O=C(O)C[S-].[Ge]. The van der Waals surface area contributed by atoms with Crippen LogP contribution in [0.1, 0.15) is 0 Å². The maximum absolute atomic E-state index is 9.26. The molecule has 0 saturated heterocycles. The molecule has 0 heterocycles. The molecule has 0 atom stereocenters. The fourth-order valence-corrected chi connectivity index (χ4v) is 0. The van der Waals surface area contributed by atoms with Crippen LogP contribution in [0.25, 0.3) is 0 Å². The zero-order valence-corrected chi connectivity index (χ0v) is 9.17. The van der Waals surface area contributed by atoms with Crippen molar-refractivity contribution in [2.24, 2.45) is 0 Å². The summed E-state index contributed by atoms with van der Waals surface area (Å²) in [6, 6.07) is 0. The molecule has 0 spiro atoms. The molecule has 0 aliphatic heterocycles. The van der Waals surface area contributed by atoms with Crippen molar-refractivity contribution in [2.75, 3.05) is 11.5 Å². The Labute approximate surface area is 86.2 Å². The molecule has 0 rings (SSSR count). The van der Waals surface area contributed by atoms with E-state index in [4.69, 9.17) is 10.2 Å². The standard InChI is InChI=1S/2C2H4O2S.Ge/c2*3-2(4)1-5;/h2*5H,1H2,(H,3,4);/p-2. The Balaban J connectivity index is -0.000000107.